The van der Waals surface area contributed by atoms with Crippen molar-refractivity contribution in [3.05, 3.63) is 35.9 Å². The van der Waals surface area contributed by atoms with E-state index in [1.165, 1.54) is 0 Å². The van der Waals surface area contributed by atoms with E-state index in [0.717, 1.165) is 31.2 Å². The fourth-order valence-electron chi connectivity index (χ4n) is 4.37. The summed E-state index contributed by atoms with van der Waals surface area (Å²) < 4.78 is 10.9. The molecule has 2 fully saturated rings. The lowest BCUT2D eigenvalue weighted by Crippen LogP contribution is -2.47. The van der Waals surface area contributed by atoms with E-state index in [1.807, 2.05) is 51.1 Å². The van der Waals surface area contributed by atoms with E-state index in [1.54, 1.807) is 9.80 Å². The predicted octanol–water partition coefficient (Wildman–Crippen LogP) is 4.04. The molecule has 1 N–H and O–H groups in total. The second-order valence-electron chi connectivity index (χ2n) is 9.66. The molecule has 2 amide bonds. The van der Waals surface area contributed by atoms with E-state index in [4.69, 9.17) is 9.47 Å². The van der Waals surface area contributed by atoms with Crippen molar-refractivity contribution in [2.75, 3.05) is 26.2 Å². The van der Waals surface area contributed by atoms with Crippen LogP contribution in [0.25, 0.3) is 0 Å². The number of amides is 2. The molecule has 1 unspecified atom stereocenters. The van der Waals surface area contributed by atoms with Crippen LogP contribution < -0.4 is 0 Å². The SMILES string of the molecule is CC(C)(C)OC(=O)N1CCC(C(O)C2CCN(C(=O)OCc3ccccc3)CC2)CC1. The molecule has 0 radical (unpaired) electrons. The molecule has 0 spiro atoms. The summed E-state index contributed by atoms with van der Waals surface area (Å²) in [6, 6.07) is 9.65. The summed E-state index contributed by atoms with van der Waals surface area (Å²) in [4.78, 5) is 28.0. The summed E-state index contributed by atoms with van der Waals surface area (Å²) in [5, 5.41) is 10.9. The van der Waals surface area contributed by atoms with Crippen molar-refractivity contribution >= 4 is 12.2 Å². The van der Waals surface area contributed by atoms with Crippen LogP contribution in [-0.4, -0.2) is 65.0 Å². The third-order valence-corrected chi connectivity index (χ3v) is 6.16. The molecule has 2 heterocycles. The number of rotatable bonds is 4. The van der Waals surface area contributed by atoms with E-state index in [9.17, 15) is 14.7 Å². The maximum absolute atomic E-state index is 12.3. The lowest BCUT2D eigenvalue weighted by atomic mass is 9.80. The zero-order valence-electron chi connectivity index (χ0n) is 19.0. The van der Waals surface area contributed by atoms with Crippen LogP contribution in [0, 0.1) is 11.8 Å². The van der Waals surface area contributed by atoms with Crippen molar-refractivity contribution in [1.82, 2.24) is 9.80 Å². The van der Waals surface area contributed by atoms with Gasteiger partial charge in [-0.15, -0.1) is 0 Å². The quantitative estimate of drug-likeness (QED) is 0.777. The Hall–Kier alpha value is -2.28. The molecule has 7 heteroatoms. The van der Waals surface area contributed by atoms with Crippen LogP contribution in [-0.2, 0) is 16.1 Å². The van der Waals surface area contributed by atoms with Gasteiger partial charge in [0.2, 0.25) is 0 Å². The van der Waals surface area contributed by atoms with Crippen molar-refractivity contribution in [2.45, 2.75) is 64.8 Å². The minimum absolute atomic E-state index is 0.177. The van der Waals surface area contributed by atoms with Gasteiger partial charge in [-0.3, -0.25) is 0 Å². The summed E-state index contributed by atoms with van der Waals surface area (Å²) in [6.45, 7) is 8.31. The molecule has 2 saturated heterocycles. The van der Waals surface area contributed by atoms with Gasteiger partial charge in [-0.05, 0) is 63.9 Å². The summed E-state index contributed by atoms with van der Waals surface area (Å²) in [5.41, 5.74) is 0.475. The van der Waals surface area contributed by atoms with Crippen LogP contribution in [0.3, 0.4) is 0 Å². The molecule has 1 atom stereocenters. The molecule has 31 heavy (non-hydrogen) atoms. The molecule has 3 rings (SSSR count). The van der Waals surface area contributed by atoms with E-state index >= 15 is 0 Å². The summed E-state index contributed by atoms with van der Waals surface area (Å²) in [5.74, 6) is 0.358. The minimum atomic E-state index is -0.496. The Morgan fingerprint density at radius 1 is 0.935 bits per heavy atom. The first-order valence-corrected chi connectivity index (χ1v) is 11.3. The van der Waals surface area contributed by atoms with Gasteiger partial charge in [-0.25, -0.2) is 9.59 Å². The topological polar surface area (TPSA) is 79.3 Å². The van der Waals surface area contributed by atoms with Crippen LogP contribution in [0.2, 0.25) is 0 Å². The number of benzene rings is 1. The van der Waals surface area contributed by atoms with Crippen molar-refractivity contribution in [3.8, 4) is 0 Å². The highest BCUT2D eigenvalue weighted by Crippen LogP contribution is 2.31. The van der Waals surface area contributed by atoms with E-state index < -0.39 is 11.7 Å². The number of piperidine rings is 2. The number of likely N-dealkylation sites (tertiary alicyclic amines) is 2. The number of carbonyl (C=O) groups excluding carboxylic acids is 2. The highest BCUT2D eigenvalue weighted by molar-refractivity contribution is 5.68. The molecular weight excluding hydrogens is 396 g/mol. The molecular formula is C24H36N2O5. The van der Waals surface area contributed by atoms with Crippen molar-refractivity contribution in [3.63, 3.8) is 0 Å². The first kappa shape index (κ1) is 23.4. The van der Waals surface area contributed by atoms with E-state index in [-0.39, 0.29) is 30.6 Å². The molecule has 1 aromatic carbocycles. The lowest BCUT2D eigenvalue weighted by molar-refractivity contribution is -0.0160. The zero-order chi connectivity index (χ0) is 22.4. The average molecular weight is 433 g/mol. The number of aliphatic hydroxyl groups is 1. The molecule has 172 valence electrons. The Balaban J connectivity index is 1.39. The number of hydrogen-bond acceptors (Lipinski definition) is 5. The number of nitrogens with zero attached hydrogens (tertiary/aromatic N) is 2. The monoisotopic (exact) mass is 432 g/mol. The Bertz CT molecular complexity index is 717. The van der Waals surface area contributed by atoms with E-state index in [2.05, 4.69) is 0 Å². The first-order chi connectivity index (χ1) is 14.7. The largest absolute Gasteiger partial charge is 0.445 e. The van der Waals surface area contributed by atoms with Gasteiger partial charge < -0.3 is 24.4 Å². The molecule has 2 aliphatic heterocycles. The van der Waals surface area contributed by atoms with Crippen molar-refractivity contribution in [1.29, 1.82) is 0 Å². The van der Waals surface area contributed by atoms with Gasteiger partial charge in [-0.2, -0.15) is 0 Å². The third kappa shape index (κ3) is 6.86. The van der Waals surface area contributed by atoms with Crippen LogP contribution in [0.1, 0.15) is 52.0 Å². The molecule has 0 aliphatic carbocycles. The summed E-state index contributed by atoms with van der Waals surface area (Å²) in [7, 11) is 0. The van der Waals surface area contributed by atoms with Gasteiger partial charge in [0.15, 0.2) is 0 Å². The second-order valence-corrected chi connectivity index (χ2v) is 9.66. The number of ether oxygens (including phenoxy) is 2. The fraction of sp³-hybridized carbons (Fsp3) is 0.667. The van der Waals surface area contributed by atoms with Gasteiger partial charge in [0.1, 0.15) is 12.2 Å². The number of carbonyl (C=O) groups is 2. The van der Waals surface area contributed by atoms with Gasteiger partial charge in [0, 0.05) is 26.2 Å². The van der Waals surface area contributed by atoms with Crippen molar-refractivity contribution in [2.24, 2.45) is 11.8 Å². The molecule has 0 aromatic heterocycles. The van der Waals surface area contributed by atoms with Gasteiger partial charge in [0.25, 0.3) is 0 Å². The third-order valence-electron chi connectivity index (χ3n) is 6.16. The second kappa shape index (κ2) is 10.4. The smallest absolute Gasteiger partial charge is 0.410 e. The molecule has 2 aliphatic rings. The normalized spacial score (nSPS) is 19.7. The number of hydrogen-bond donors (Lipinski definition) is 1. The molecule has 7 nitrogen and oxygen atoms in total. The molecule has 0 bridgehead atoms. The number of aliphatic hydroxyl groups excluding tert-OH is 1. The van der Waals surface area contributed by atoms with Crippen LogP contribution in [0.4, 0.5) is 9.59 Å². The first-order valence-electron chi connectivity index (χ1n) is 11.3. The van der Waals surface area contributed by atoms with Gasteiger partial charge in [-0.1, -0.05) is 30.3 Å². The summed E-state index contributed by atoms with van der Waals surface area (Å²) >= 11 is 0. The average Bonchev–Trinajstić information content (AvgIpc) is 2.77. The Morgan fingerprint density at radius 2 is 1.42 bits per heavy atom. The highest BCUT2D eigenvalue weighted by atomic mass is 16.6. The van der Waals surface area contributed by atoms with Gasteiger partial charge in [0.05, 0.1) is 6.10 Å². The standard InChI is InChI=1S/C24H36N2O5/c1-24(2,3)31-23(29)26-15-11-20(12-16-26)21(27)19-9-13-25(14-10-19)22(28)30-17-18-7-5-4-6-8-18/h4-8,19-21,27H,9-17H2,1-3H3. The van der Waals surface area contributed by atoms with Crippen LogP contribution in [0.15, 0.2) is 30.3 Å². The van der Waals surface area contributed by atoms with Gasteiger partial charge >= 0.3 is 12.2 Å². The van der Waals surface area contributed by atoms with E-state index in [0.29, 0.717) is 26.2 Å². The van der Waals surface area contributed by atoms with Crippen molar-refractivity contribution < 1.29 is 24.2 Å². The minimum Gasteiger partial charge on any atom is -0.445 e. The maximum Gasteiger partial charge on any atom is 0.410 e. The fourth-order valence-corrected chi connectivity index (χ4v) is 4.37. The predicted molar refractivity (Wildman–Crippen MR) is 117 cm³/mol. The Morgan fingerprint density at radius 3 is 1.90 bits per heavy atom. The highest BCUT2D eigenvalue weighted by Gasteiger charge is 2.35. The maximum atomic E-state index is 12.3. The van der Waals surface area contributed by atoms with Crippen LogP contribution in [0.5, 0.6) is 0 Å². The lowest BCUT2D eigenvalue weighted by Gasteiger charge is -2.40. The van der Waals surface area contributed by atoms with Crippen LogP contribution >= 0.6 is 0 Å². The summed E-state index contributed by atoms with van der Waals surface area (Å²) in [6.07, 6.45) is 2.13. The Labute approximate surface area is 185 Å². The Kier molecular flexibility index (Phi) is 7.81. The molecule has 1 aromatic rings. The molecule has 0 saturated carbocycles. The zero-order valence-corrected chi connectivity index (χ0v) is 19.0.